The summed E-state index contributed by atoms with van der Waals surface area (Å²) >= 11 is 0. The van der Waals surface area contributed by atoms with E-state index in [4.69, 9.17) is 9.15 Å². The lowest BCUT2D eigenvalue weighted by Crippen LogP contribution is -2.33. The second-order valence-corrected chi connectivity index (χ2v) is 5.34. The maximum absolute atomic E-state index is 13.5. The van der Waals surface area contributed by atoms with Gasteiger partial charge in [-0.2, -0.15) is 0 Å². The Morgan fingerprint density at radius 3 is 2.56 bits per heavy atom. The summed E-state index contributed by atoms with van der Waals surface area (Å²) in [5, 5.41) is 5.58. The van der Waals surface area contributed by atoms with E-state index in [0.29, 0.717) is 11.3 Å². The molecule has 0 saturated carbocycles. The van der Waals surface area contributed by atoms with Crippen LogP contribution in [0.5, 0.6) is 0 Å². The van der Waals surface area contributed by atoms with Gasteiger partial charge in [0.25, 0.3) is 0 Å². The molecule has 3 rings (SSSR count). The maximum atomic E-state index is 13.5. The molecule has 1 aromatic heterocycles. The summed E-state index contributed by atoms with van der Waals surface area (Å²) < 4.78 is 38.1. The van der Waals surface area contributed by atoms with Crippen molar-refractivity contribution >= 4 is 22.7 Å². The lowest BCUT2D eigenvalue weighted by molar-refractivity contribution is 0.0870. The molecular weight excluding hydrogens is 330 g/mol. The number of carbonyl (C=O) groups excluding carboxylic acids is 1. The van der Waals surface area contributed by atoms with Crippen LogP contribution >= 0.6 is 0 Å². The van der Waals surface area contributed by atoms with Gasteiger partial charge < -0.3 is 19.8 Å². The number of ether oxygens (including phenoxy) is 1. The minimum Gasteiger partial charge on any atom is -0.458 e. The van der Waals surface area contributed by atoms with Crippen molar-refractivity contribution in [3.8, 4) is 0 Å². The van der Waals surface area contributed by atoms with Gasteiger partial charge in [0.05, 0.1) is 6.54 Å². The molecular formula is C18H16F2N2O3. The van der Waals surface area contributed by atoms with Gasteiger partial charge in [-0.05, 0) is 24.3 Å². The number of halogens is 2. The van der Waals surface area contributed by atoms with Gasteiger partial charge in [0.1, 0.15) is 34.8 Å². The average molecular weight is 346 g/mol. The van der Waals surface area contributed by atoms with Crippen molar-refractivity contribution in [3.05, 3.63) is 65.9 Å². The first-order chi connectivity index (χ1) is 12.1. The summed E-state index contributed by atoms with van der Waals surface area (Å²) in [4.78, 5) is 11.9. The van der Waals surface area contributed by atoms with E-state index in [9.17, 15) is 13.6 Å². The van der Waals surface area contributed by atoms with Crippen LogP contribution in [0.3, 0.4) is 0 Å². The van der Waals surface area contributed by atoms with Gasteiger partial charge in [-0.25, -0.2) is 13.6 Å². The quantitative estimate of drug-likeness (QED) is 0.727. The lowest BCUT2D eigenvalue weighted by Gasteiger charge is -2.14. The van der Waals surface area contributed by atoms with Crippen LogP contribution in [0.15, 0.2) is 52.9 Å². The average Bonchev–Trinajstić information content (AvgIpc) is 3.02. The fraction of sp³-hybridized carbons (Fsp3) is 0.167. The van der Waals surface area contributed by atoms with Gasteiger partial charge in [0.2, 0.25) is 0 Å². The summed E-state index contributed by atoms with van der Waals surface area (Å²) in [5.41, 5.74) is 0.204. The molecule has 1 atom stereocenters. The number of furan rings is 1. The lowest BCUT2D eigenvalue weighted by atomic mass is 10.2. The molecule has 0 bridgehead atoms. The van der Waals surface area contributed by atoms with Gasteiger partial charge >= 0.3 is 6.03 Å². The van der Waals surface area contributed by atoms with Crippen LogP contribution in [0.2, 0.25) is 0 Å². The molecule has 0 aliphatic heterocycles. The molecule has 0 aliphatic carbocycles. The SMILES string of the molecule is COC(CNC(=O)Nc1c(F)cccc1F)c1cc2ccccc2o1. The highest BCUT2D eigenvalue weighted by molar-refractivity contribution is 5.89. The minimum absolute atomic E-state index is 0.0677. The first kappa shape index (κ1) is 16.9. The number of carbonyl (C=O) groups is 1. The number of para-hydroxylation sites is 2. The summed E-state index contributed by atoms with van der Waals surface area (Å²) in [6, 6.07) is 11.9. The summed E-state index contributed by atoms with van der Waals surface area (Å²) in [6.07, 6.45) is -0.538. The largest absolute Gasteiger partial charge is 0.458 e. The Labute approximate surface area is 142 Å². The molecule has 25 heavy (non-hydrogen) atoms. The standard InChI is InChI=1S/C18H16F2N2O3/c1-24-16(15-9-11-5-2-3-8-14(11)25-15)10-21-18(23)22-17-12(19)6-4-7-13(17)20/h2-9,16H,10H2,1H3,(H2,21,22,23). The van der Waals surface area contributed by atoms with E-state index < -0.39 is 29.5 Å². The highest BCUT2D eigenvalue weighted by atomic mass is 19.1. The van der Waals surface area contributed by atoms with Crippen LogP contribution in [-0.4, -0.2) is 19.7 Å². The zero-order valence-electron chi connectivity index (χ0n) is 13.4. The molecule has 0 saturated heterocycles. The maximum Gasteiger partial charge on any atom is 0.319 e. The second-order valence-electron chi connectivity index (χ2n) is 5.34. The molecule has 2 aromatic carbocycles. The summed E-state index contributed by atoms with van der Waals surface area (Å²) in [6.45, 7) is 0.0677. The molecule has 5 nitrogen and oxygen atoms in total. The predicted octanol–water partition coefficient (Wildman–Crippen LogP) is 4.22. The van der Waals surface area contributed by atoms with E-state index in [1.165, 1.54) is 13.2 Å². The first-order valence-electron chi connectivity index (χ1n) is 7.58. The van der Waals surface area contributed by atoms with Crippen molar-refractivity contribution in [1.29, 1.82) is 0 Å². The van der Waals surface area contributed by atoms with Crippen molar-refractivity contribution in [1.82, 2.24) is 5.32 Å². The number of fused-ring (bicyclic) bond motifs is 1. The number of amides is 2. The Morgan fingerprint density at radius 2 is 1.88 bits per heavy atom. The fourth-order valence-corrected chi connectivity index (χ4v) is 2.42. The molecule has 130 valence electrons. The first-order valence-corrected chi connectivity index (χ1v) is 7.58. The van der Waals surface area contributed by atoms with Crippen LogP contribution in [0.1, 0.15) is 11.9 Å². The number of hydrogen-bond acceptors (Lipinski definition) is 3. The van der Waals surface area contributed by atoms with E-state index in [-0.39, 0.29) is 6.54 Å². The van der Waals surface area contributed by atoms with E-state index >= 15 is 0 Å². The monoisotopic (exact) mass is 346 g/mol. The van der Waals surface area contributed by atoms with Crippen molar-refractivity contribution in [2.24, 2.45) is 0 Å². The summed E-state index contributed by atoms with van der Waals surface area (Å²) in [7, 11) is 1.48. The van der Waals surface area contributed by atoms with Crippen LogP contribution in [-0.2, 0) is 4.74 Å². The van der Waals surface area contributed by atoms with E-state index in [0.717, 1.165) is 17.5 Å². The van der Waals surface area contributed by atoms with Crippen LogP contribution in [0, 0.1) is 11.6 Å². The molecule has 0 fully saturated rings. The normalized spacial score (nSPS) is 12.1. The Bertz CT molecular complexity index is 842. The van der Waals surface area contributed by atoms with Gasteiger partial charge in [0.15, 0.2) is 0 Å². The minimum atomic E-state index is -0.851. The number of benzene rings is 2. The van der Waals surface area contributed by atoms with Crippen molar-refractivity contribution in [3.63, 3.8) is 0 Å². The van der Waals surface area contributed by atoms with E-state index in [1.54, 1.807) is 0 Å². The van der Waals surface area contributed by atoms with E-state index in [1.807, 2.05) is 30.3 Å². The van der Waals surface area contributed by atoms with Gasteiger partial charge in [-0.3, -0.25) is 0 Å². The van der Waals surface area contributed by atoms with Gasteiger partial charge in [-0.15, -0.1) is 0 Å². The highest BCUT2D eigenvalue weighted by Gasteiger charge is 2.18. The third kappa shape index (κ3) is 3.77. The molecule has 3 aromatic rings. The molecule has 1 heterocycles. The van der Waals surface area contributed by atoms with Crippen LogP contribution < -0.4 is 10.6 Å². The van der Waals surface area contributed by atoms with Gasteiger partial charge in [-0.1, -0.05) is 24.3 Å². The summed E-state index contributed by atoms with van der Waals surface area (Å²) in [5.74, 6) is -1.16. The van der Waals surface area contributed by atoms with Crippen LogP contribution in [0.4, 0.5) is 19.3 Å². The van der Waals surface area contributed by atoms with Gasteiger partial charge in [0, 0.05) is 12.5 Å². The Kier molecular flexibility index (Phi) is 4.95. The number of rotatable bonds is 5. The number of hydrogen-bond donors (Lipinski definition) is 2. The molecule has 0 aliphatic rings. The predicted molar refractivity (Wildman–Crippen MR) is 89.3 cm³/mol. The Hall–Kier alpha value is -2.93. The highest BCUT2D eigenvalue weighted by Crippen LogP contribution is 2.25. The van der Waals surface area contributed by atoms with E-state index in [2.05, 4.69) is 10.6 Å². The molecule has 0 radical (unpaired) electrons. The number of nitrogens with one attached hydrogen (secondary N) is 2. The molecule has 0 spiro atoms. The van der Waals surface area contributed by atoms with Crippen molar-refractivity contribution in [2.45, 2.75) is 6.10 Å². The number of urea groups is 1. The second kappa shape index (κ2) is 7.31. The topological polar surface area (TPSA) is 63.5 Å². The van der Waals surface area contributed by atoms with Crippen LogP contribution in [0.25, 0.3) is 11.0 Å². The number of methoxy groups -OCH3 is 1. The zero-order chi connectivity index (χ0) is 17.8. The van der Waals surface area contributed by atoms with Crippen molar-refractivity contribution < 1.29 is 22.7 Å². The molecule has 2 N–H and O–H groups in total. The molecule has 1 unspecified atom stereocenters. The third-order valence-electron chi connectivity index (χ3n) is 3.70. The Morgan fingerprint density at radius 1 is 1.16 bits per heavy atom. The van der Waals surface area contributed by atoms with Crippen molar-refractivity contribution in [2.75, 3.05) is 19.0 Å². The third-order valence-corrected chi connectivity index (χ3v) is 3.70. The molecule has 2 amide bonds. The molecule has 7 heteroatoms. The Balaban J connectivity index is 1.65. The smallest absolute Gasteiger partial charge is 0.319 e. The number of anilines is 1. The fourth-order valence-electron chi connectivity index (χ4n) is 2.42. The zero-order valence-corrected chi connectivity index (χ0v) is 13.4.